The maximum atomic E-state index is 12.0. The van der Waals surface area contributed by atoms with Gasteiger partial charge in [-0.3, -0.25) is 4.90 Å². The van der Waals surface area contributed by atoms with E-state index >= 15 is 0 Å². The van der Waals surface area contributed by atoms with Gasteiger partial charge in [-0.2, -0.15) is 0 Å². The smallest absolute Gasteiger partial charge is 0.337 e. The minimum Gasteiger partial charge on any atom is -0.465 e. The van der Waals surface area contributed by atoms with E-state index in [1.165, 1.54) is 7.11 Å². The van der Waals surface area contributed by atoms with Crippen molar-refractivity contribution in [3.8, 4) is 11.3 Å². The van der Waals surface area contributed by atoms with Crippen molar-refractivity contribution in [3.63, 3.8) is 0 Å². The fourth-order valence-electron chi connectivity index (χ4n) is 4.69. The van der Waals surface area contributed by atoms with Crippen molar-refractivity contribution >= 4 is 22.8 Å². The van der Waals surface area contributed by atoms with Crippen LogP contribution in [-0.4, -0.2) is 73.4 Å². The van der Waals surface area contributed by atoms with Gasteiger partial charge in [-0.1, -0.05) is 30.3 Å². The topological polar surface area (TPSA) is 67.8 Å². The highest BCUT2D eigenvalue weighted by molar-refractivity contribution is 5.94. The number of morpholine rings is 1. The summed E-state index contributed by atoms with van der Waals surface area (Å²) in [6, 6.07) is 16.1. The average molecular weight is 433 g/mol. The Hall–Kier alpha value is -3.03. The van der Waals surface area contributed by atoms with Crippen molar-refractivity contribution in [2.24, 2.45) is 0 Å². The molecular formula is C25H28N4O3. The van der Waals surface area contributed by atoms with Crippen LogP contribution in [0.2, 0.25) is 0 Å². The van der Waals surface area contributed by atoms with Gasteiger partial charge in [-0.25, -0.2) is 14.8 Å². The molecule has 0 aliphatic carbocycles. The number of benzene rings is 2. The quantitative estimate of drug-likeness (QED) is 0.586. The molecule has 32 heavy (non-hydrogen) atoms. The number of aromatic nitrogens is 2. The summed E-state index contributed by atoms with van der Waals surface area (Å²) < 4.78 is 10.4. The average Bonchev–Trinajstić information content (AvgIpc) is 2.88. The lowest BCUT2D eigenvalue weighted by atomic mass is 10.0. The van der Waals surface area contributed by atoms with Crippen LogP contribution in [0.15, 0.2) is 48.5 Å². The Bertz CT molecular complexity index is 1090. The van der Waals surface area contributed by atoms with Crippen LogP contribution >= 0.6 is 0 Å². The summed E-state index contributed by atoms with van der Waals surface area (Å²) in [5, 5.41) is 0. The SMILES string of the molecule is COC(=O)c1ccc2nc(N3CCC(N4CCOCC4)CC3)c(-c3ccccc3)nc2c1. The number of hydrogen-bond donors (Lipinski definition) is 0. The molecule has 2 saturated heterocycles. The van der Waals surface area contributed by atoms with E-state index in [9.17, 15) is 4.79 Å². The number of methoxy groups -OCH3 is 1. The second-order valence-corrected chi connectivity index (χ2v) is 8.32. The van der Waals surface area contributed by atoms with Crippen molar-refractivity contribution in [2.75, 3.05) is 51.4 Å². The standard InChI is InChI=1S/C25H28N4O3/c1-31-25(30)19-7-8-21-22(17-19)26-23(18-5-3-2-4-6-18)24(27-21)29-11-9-20(10-12-29)28-13-15-32-16-14-28/h2-8,17,20H,9-16H2,1H3. The molecule has 2 aromatic carbocycles. The van der Waals surface area contributed by atoms with Gasteiger partial charge in [0.2, 0.25) is 0 Å². The highest BCUT2D eigenvalue weighted by Crippen LogP contribution is 2.32. The Morgan fingerprint density at radius 3 is 2.44 bits per heavy atom. The molecule has 0 radical (unpaired) electrons. The van der Waals surface area contributed by atoms with Crippen LogP contribution in [0.3, 0.4) is 0 Å². The maximum Gasteiger partial charge on any atom is 0.337 e. The minimum absolute atomic E-state index is 0.371. The zero-order valence-electron chi connectivity index (χ0n) is 18.4. The third-order valence-corrected chi connectivity index (χ3v) is 6.44. The van der Waals surface area contributed by atoms with E-state index in [1.54, 1.807) is 12.1 Å². The third-order valence-electron chi connectivity index (χ3n) is 6.44. The second kappa shape index (κ2) is 9.22. The molecule has 0 saturated carbocycles. The van der Waals surface area contributed by atoms with Crippen LogP contribution in [0.4, 0.5) is 5.82 Å². The van der Waals surface area contributed by atoms with E-state index in [4.69, 9.17) is 19.4 Å². The summed E-state index contributed by atoms with van der Waals surface area (Å²) >= 11 is 0. The molecule has 3 aromatic rings. The van der Waals surface area contributed by atoms with Gasteiger partial charge in [0.05, 0.1) is 36.9 Å². The number of nitrogens with zero attached hydrogens (tertiary/aromatic N) is 4. The number of ether oxygens (including phenoxy) is 2. The molecule has 166 valence electrons. The zero-order valence-corrected chi connectivity index (χ0v) is 18.4. The van der Waals surface area contributed by atoms with Crippen LogP contribution in [0.5, 0.6) is 0 Å². The largest absolute Gasteiger partial charge is 0.465 e. The number of rotatable bonds is 4. The predicted octanol–water partition coefficient (Wildman–Crippen LogP) is 3.38. The van der Waals surface area contributed by atoms with Crippen LogP contribution in [-0.2, 0) is 9.47 Å². The van der Waals surface area contributed by atoms with E-state index < -0.39 is 0 Å². The molecule has 0 bridgehead atoms. The highest BCUT2D eigenvalue weighted by atomic mass is 16.5. The molecule has 0 unspecified atom stereocenters. The molecule has 5 rings (SSSR count). The molecule has 0 N–H and O–H groups in total. The molecule has 0 atom stereocenters. The summed E-state index contributed by atoms with van der Waals surface area (Å²) in [7, 11) is 1.39. The van der Waals surface area contributed by atoms with Gasteiger partial charge in [-0.05, 0) is 31.0 Å². The van der Waals surface area contributed by atoms with Crippen molar-refractivity contribution < 1.29 is 14.3 Å². The Balaban J connectivity index is 1.48. The molecule has 7 heteroatoms. The van der Waals surface area contributed by atoms with Gasteiger partial charge in [0.15, 0.2) is 5.82 Å². The van der Waals surface area contributed by atoms with Crippen molar-refractivity contribution in [3.05, 3.63) is 54.1 Å². The van der Waals surface area contributed by atoms with Crippen molar-refractivity contribution in [2.45, 2.75) is 18.9 Å². The molecule has 0 amide bonds. The Kier molecular flexibility index (Phi) is 6.01. The normalized spacial score (nSPS) is 18.1. The predicted molar refractivity (Wildman–Crippen MR) is 124 cm³/mol. The zero-order chi connectivity index (χ0) is 21.9. The van der Waals surface area contributed by atoms with E-state index in [0.717, 1.165) is 74.8 Å². The van der Waals surface area contributed by atoms with E-state index in [1.807, 2.05) is 24.3 Å². The molecule has 0 spiro atoms. The minimum atomic E-state index is -0.371. The number of esters is 1. The molecular weight excluding hydrogens is 404 g/mol. The van der Waals surface area contributed by atoms with Crippen LogP contribution < -0.4 is 4.90 Å². The first-order valence-electron chi connectivity index (χ1n) is 11.3. The third kappa shape index (κ3) is 4.18. The van der Waals surface area contributed by atoms with E-state index in [2.05, 4.69) is 21.9 Å². The maximum absolute atomic E-state index is 12.0. The summed E-state index contributed by atoms with van der Waals surface area (Å²) in [6.07, 6.45) is 2.21. The highest BCUT2D eigenvalue weighted by Gasteiger charge is 2.28. The first kappa shape index (κ1) is 20.8. The van der Waals surface area contributed by atoms with Gasteiger partial charge >= 0.3 is 5.97 Å². The van der Waals surface area contributed by atoms with E-state index in [-0.39, 0.29) is 5.97 Å². The fraction of sp³-hybridized carbons (Fsp3) is 0.400. The number of piperidine rings is 1. The van der Waals surface area contributed by atoms with Crippen LogP contribution in [0.25, 0.3) is 22.3 Å². The van der Waals surface area contributed by atoms with Gasteiger partial charge in [0.1, 0.15) is 5.69 Å². The van der Waals surface area contributed by atoms with E-state index in [0.29, 0.717) is 17.1 Å². The lowest BCUT2D eigenvalue weighted by Crippen LogP contribution is -2.49. The van der Waals surface area contributed by atoms with Crippen LogP contribution in [0, 0.1) is 0 Å². The van der Waals surface area contributed by atoms with Gasteiger partial charge < -0.3 is 14.4 Å². The monoisotopic (exact) mass is 432 g/mol. The fourth-order valence-corrected chi connectivity index (χ4v) is 4.69. The van der Waals surface area contributed by atoms with Crippen molar-refractivity contribution in [1.82, 2.24) is 14.9 Å². The molecule has 1 aromatic heterocycles. The van der Waals surface area contributed by atoms with Gasteiger partial charge in [0, 0.05) is 37.8 Å². The lowest BCUT2D eigenvalue weighted by molar-refractivity contribution is 0.0115. The lowest BCUT2D eigenvalue weighted by Gasteiger charge is -2.40. The Labute approximate surface area is 188 Å². The number of carbonyl (C=O) groups is 1. The van der Waals surface area contributed by atoms with Crippen LogP contribution in [0.1, 0.15) is 23.2 Å². The number of anilines is 1. The summed E-state index contributed by atoms with van der Waals surface area (Å²) in [4.78, 5) is 26.9. The Morgan fingerprint density at radius 1 is 0.969 bits per heavy atom. The molecule has 2 aliphatic rings. The van der Waals surface area contributed by atoms with Gasteiger partial charge in [0.25, 0.3) is 0 Å². The number of fused-ring (bicyclic) bond motifs is 1. The number of hydrogen-bond acceptors (Lipinski definition) is 7. The molecule has 7 nitrogen and oxygen atoms in total. The molecule has 2 aliphatic heterocycles. The molecule has 3 heterocycles. The van der Waals surface area contributed by atoms with Gasteiger partial charge in [-0.15, -0.1) is 0 Å². The number of carbonyl (C=O) groups excluding carboxylic acids is 1. The first-order valence-corrected chi connectivity index (χ1v) is 11.3. The summed E-state index contributed by atoms with van der Waals surface area (Å²) in [5.41, 5.74) is 3.83. The first-order chi connectivity index (χ1) is 15.7. The molecule has 2 fully saturated rings. The Morgan fingerprint density at radius 2 is 1.72 bits per heavy atom. The van der Waals surface area contributed by atoms with Crippen molar-refractivity contribution in [1.29, 1.82) is 0 Å². The second-order valence-electron chi connectivity index (χ2n) is 8.32. The summed E-state index contributed by atoms with van der Waals surface area (Å²) in [5.74, 6) is 0.541. The summed E-state index contributed by atoms with van der Waals surface area (Å²) in [6.45, 7) is 5.62.